The lowest BCUT2D eigenvalue weighted by atomic mass is 10.2. The Morgan fingerprint density at radius 3 is 2.46 bits per heavy atom. The van der Waals surface area contributed by atoms with Crippen LogP contribution in [-0.2, 0) is 9.59 Å². The van der Waals surface area contributed by atoms with Crippen LogP contribution in [0, 0.1) is 10.1 Å². The van der Waals surface area contributed by atoms with Crippen molar-refractivity contribution < 1.29 is 14.5 Å². The molecule has 0 heterocycles. The molecule has 2 rings (SSSR count). The molecular formula is C15H11ClN4O4. The summed E-state index contributed by atoms with van der Waals surface area (Å²) in [5, 5.41) is 17.0. The van der Waals surface area contributed by atoms with E-state index < -0.39 is 16.7 Å². The molecule has 0 radical (unpaired) electrons. The molecule has 2 amide bonds. The van der Waals surface area contributed by atoms with Gasteiger partial charge in [-0.2, -0.15) is 5.10 Å². The Labute approximate surface area is 141 Å². The highest BCUT2D eigenvalue weighted by molar-refractivity contribution is 6.39. The molecule has 24 heavy (non-hydrogen) atoms. The van der Waals surface area contributed by atoms with Gasteiger partial charge in [-0.15, -0.1) is 0 Å². The van der Waals surface area contributed by atoms with Gasteiger partial charge in [0.1, 0.15) is 0 Å². The number of halogens is 1. The van der Waals surface area contributed by atoms with E-state index in [4.69, 9.17) is 11.6 Å². The number of benzene rings is 2. The first-order valence-corrected chi connectivity index (χ1v) is 6.98. The van der Waals surface area contributed by atoms with Crippen LogP contribution in [0.3, 0.4) is 0 Å². The van der Waals surface area contributed by atoms with Crippen LogP contribution in [0.25, 0.3) is 0 Å². The topological polar surface area (TPSA) is 114 Å². The minimum Gasteiger partial charge on any atom is -0.318 e. The summed E-state index contributed by atoms with van der Waals surface area (Å²) in [6.45, 7) is 0. The van der Waals surface area contributed by atoms with Crippen molar-refractivity contribution in [2.45, 2.75) is 0 Å². The summed E-state index contributed by atoms with van der Waals surface area (Å²) in [4.78, 5) is 33.2. The Hall–Kier alpha value is -3.26. The number of hydrogen-bond donors (Lipinski definition) is 2. The van der Waals surface area contributed by atoms with Gasteiger partial charge >= 0.3 is 11.8 Å². The Morgan fingerprint density at radius 1 is 1.12 bits per heavy atom. The van der Waals surface area contributed by atoms with Crippen LogP contribution >= 0.6 is 11.6 Å². The van der Waals surface area contributed by atoms with Gasteiger partial charge in [0.05, 0.1) is 11.1 Å². The second-order valence-electron chi connectivity index (χ2n) is 4.51. The minimum absolute atomic E-state index is 0.122. The molecule has 0 saturated heterocycles. The fraction of sp³-hybridized carbons (Fsp3) is 0. The van der Waals surface area contributed by atoms with Crippen molar-refractivity contribution in [1.29, 1.82) is 0 Å². The highest BCUT2D eigenvalue weighted by Crippen LogP contribution is 2.15. The van der Waals surface area contributed by atoms with Gasteiger partial charge in [-0.25, -0.2) is 5.43 Å². The van der Waals surface area contributed by atoms with Crippen LogP contribution in [0.2, 0.25) is 5.02 Å². The molecule has 0 bridgehead atoms. The van der Waals surface area contributed by atoms with Gasteiger partial charge in [-0.1, -0.05) is 23.7 Å². The van der Waals surface area contributed by atoms with Gasteiger partial charge in [-0.3, -0.25) is 19.7 Å². The Morgan fingerprint density at radius 2 is 1.83 bits per heavy atom. The molecule has 0 aliphatic rings. The molecule has 0 saturated carbocycles. The third-order valence-electron chi connectivity index (χ3n) is 2.77. The van der Waals surface area contributed by atoms with E-state index in [0.717, 1.165) is 0 Å². The lowest BCUT2D eigenvalue weighted by Gasteiger charge is -2.03. The highest BCUT2D eigenvalue weighted by Gasteiger charge is 2.13. The molecule has 2 aromatic carbocycles. The molecule has 0 aliphatic carbocycles. The summed E-state index contributed by atoms with van der Waals surface area (Å²) in [5.74, 6) is -1.93. The number of nitrogens with one attached hydrogen (secondary N) is 2. The first kappa shape index (κ1) is 17.1. The van der Waals surface area contributed by atoms with E-state index in [1.165, 1.54) is 30.5 Å². The molecule has 8 nitrogen and oxygen atoms in total. The van der Waals surface area contributed by atoms with Crippen LogP contribution < -0.4 is 10.7 Å². The number of carbonyl (C=O) groups excluding carboxylic acids is 2. The second-order valence-corrected chi connectivity index (χ2v) is 4.95. The second kappa shape index (κ2) is 7.84. The third kappa shape index (κ3) is 4.89. The molecule has 0 aromatic heterocycles. The molecule has 2 N–H and O–H groups in total. The van der Waals surface area contributed by atoms with E-state index in [-0.39, 0.29) is 11.4 Å². The summed E-state index contributed by atoms with van der Waals surface area (Å²) in [7, 11) is 0. The number of anilines is 1. The predicted octanol–water partition coefficient (Wildman–Crippen LogP) is 2.34. The fourth-order valence-corrected chi connectivity index (χ4v) is 1.86. The maximum atomic E-state index is 11.7. The smallest absolute Gasteiger partial charge is 0.318 e. The zero-order valence-corrected chi connectivity index (χ0v) is 12.9. The maximum Gasteiger partial charge on any atom is 0.329 e. The largest absolute Gasteiger partial charge is 0.329 e. The zero-order valence-electron chi connectivity index (χ0n) is 12.1. The van der Waals surface area contributed by atoms with Crippen LogP contribution in [0.4, 0.5) is 11.4 Å². The molecular weight excluding hydrogens is 336 g/mol. The molecule has 0 spiro atoms. The normalized spacial score (nSPS) is 10.4. The van der Waals surface area contributed by atoms with Gasteiger partial charge in [0.2, 0.25) is 0 Å². The number of nitro groups is 1. The number of amides is 2. The number of non-ortho nitro benzene ring substituents is 1. The molecule has 2 aromatic rings. The predicted molar refractivity (Wildman–Crippen MR) is 88.9 cm³/mol. The van der Waals surface area contributed by atoms with E-state index in [9.17, 15) is 19.7 Å². The third-order valence-corrected chi connectivity index (χ3v) is 3.01. The van der Waals surface area contributed by atoms with Gasteiger partial charge in [-0.05, 0) is 29.8 Å². The van der Waals surface area contributed by atoms with Crippen molar-refractivity contribution in [1.82, 2.24) is 5.43 Å². The Bertz CT molecular complexity index is 805. The number of hydrazone groups is 1. The lowest BCUT2D eigenvalue weighted by Crippen LogP contribution is -2.32. The van der Waals surface area contributed by atoms with Gasteiger partial charge in [0.25, 0.3) is 5.69 Å². The highest BCUT2D eigenvalue weighted by atomic mass is 35.5. The zero-order chi connectivity index (χ0) is 17.5. The Balaban J connectivity index is 1.90. The van der Waals surface area contributed by atoms with Crippen molar-refractivity contribution in [3.05, 3.63) is 69.2 Å². The number of rotatable bonds is 4. The fourth-order valence-electron chi connectivity index (χ4n) is 1.66. The van der Waals surface area contributed by atoms with E-state index in [2.05, 4.69) is 15.8 Å². The van der Waals surface area contributed by atoms with Crippen LogP contribution in [-0.4, -0.2) is 23.0 Å². The summed E-state index contributed by atoms with van der Waals surface area (Å²) in [6, 6.07) is 11.8. The molecule has 0 aliphatic heterocycles. The number of nitro benzene ring substituents is 1. The monoisotopic (exact) mass is 346 g/mol. The van der Waals surface area contributed by atoms with Crippen molar-refractivity contribution in [2.24, 2.45) is 5.10 Å². The molecule has 0 unspecified atom stereocenters. The van der Waals surface area contributed by atoms with Crippen molar-refractivity contribution >= 4 is 41.0 Å². The van der Waals surface area contributed by atoms with Crippen molar-refractivity contribution in [3.8, 4) is 0 Å². The van der Waals surface area contributed by atoms with Gasteiger partial charge in [0.15, 0.2) is 0 Å². The van der Waals surface area contributed by atoms with E-state index >= 15 is 0 Å². The summed E-state index contributed by atoms with van der Waals surface area (Å²) >= 11 is 5.80. The first-order valence-electron chi connectivity index (χ1n) is 6.60. The summed E-state index contributed by atoms with van der Waals surface area (Å²) in [6.07, 6.45) is 1.34. The minimum atomic E-state index is -0.980. The van der Waals surface area contributed by atoms with Crippen LogP contribution in [0.5, 0.6) is 0 Å². The van der Waals surface area contributed by atoms with E-state index in [1.807, 2.05) is 0 Å². The van der Waals surface area contributed by atoms with Crippen LogP contribution in [0.1, 0.15) is 5.56 Å². The number of carbonyl (C=O) groups is 2. The van der Waals surface area contributed by atoms with E-state index in [0.29, 0.717) is 10.6 Å². The quantitative estimate of drug-likeness (QED) is 0.382. The van der Waals surface area contributed by atoms with Crippen LogP contribution in [0.15, 0.2) is 53.6 Å². The lowest BCUT2D eigenvalue weighted by molar-refractivity contribution is -0.384. The van der Waals surface area contributed by atoms with Crippen molar-refractivity contribution in [2.75, 3.05) is 5.32 Å². The molecule has 0 atom stereocenters. The first-order chi connectivity index (χ1) is 11.5. The van der Waals surface area contributed by atoms with E-state index in [1.54, 1.807) is 24.3 Å². The molecule has 9 heteroatoms. The number of nitrogens with zero attached hydrogens (tertiary/aromatic N) is 2. The average molecular weight is 347 g/mol. The maximum absolute atomic E-state index is 11.7. The molecule has 122 valence electrons. The standard InChI is InChI=1S/C15H11ClN4O4/c16-11-3-1-2-10(8-11)9-17-19-15(22)14(21)18-12-4-6-13(7-5-12)20(23)24/h1-9H,(H,18,21)(H,19,22)/b17-9-. The average Bonchev–Trinajstić information content (AvgIpc) is 2.55. The van der Waals surface area contributed by atoms with Gasteiger partial charge < -0.3 is 5.32 Å². The number of hydrogen-bond acceptors (Lipinski definition) is 5. The summed E-state index contributed by atoms with van der Waals surface area (Å²) in [5.41, 5.74) is 2.85. The Kier molecular flexibility index (Phi) is 5.58. The summed E-state index contributed by atoms with van der Waals surface area (Å²) < 4.78 is 0. The SMILES string of the molecule is O=C(N/N=C\c1cccc(Cl)c1)C(=O)Nc1ccc([N+](=O)[O-])cc1. The van der Waals surface area contributed by atoms with Crippen molar-refractivity contribution in [3.63, 3.8) is 0 Å². The van der Waals surface area contributed by atoms with Gasteiger partial charge in [0, 0.05) is 22.8 Å². The molecule has 0 fully saturated rings.